The molecule has 40 heavy (non-hydrogen) atoms. The fourth-order valence-corrected chi connectivity index (χ4v) is 4.18. The van der Waals surface area contributed by atoms with Crippen molar-refractivity contribution in [3.8, 4) is 0 Å². The summed E-state index contributed by atoms with van der Waals surface area (Å²) in [6, 6.07) is 0.414. The molecule has 0 aromatic heterocycles. The summed E-state index contributed by atoms with van der Waals surface area (Å²) in [5.41, 5.74) is 3.70. The fourth-order valence-electron chi connectivity index (χ4n) is 4.18. The van der Waals surface area contributed by atoms with Crippen LogP contribution in [0.2, 0.25) is 0 Å². The normalized spacial score (nSPS) is 25.6. The van der Waals surface area contributed by atoms with E-state index in [4.69, 9.17) is 0 Å². The van der Waals surface area contributed by atoms with Crippen LogP contribution in [-0.2, 0) is 26.7 Å². The van der Waals surface area contributed by atoms with Crippen LogP contribution in [0.3, 0.4) is 0 Å². The van der Waals surface area contributed by atoms with E-state index >= 15 is 0 Å². The van der Waals surface area contributed by atoms with Gasteiger partial charge in [-0.1, -0.05) is 66.5 Å². The number of halogens is 6. The molecular formula is C28H38F6MnN2O2P-. The second-order valence-electron chi connectivity index (χ2n) is 12.1. The van der Waals surface area contributed by atoms with E-state index in [0.29, 0.717) is 11.1 Å². The van der Waals surface area contributed by atoms with Crippen molar-refractivity contribution in [2.75, 3.05) is 0 Å². The van der Waals surface area contributed by atoms with Crippen LogP contribution >= 0.6 is 7.81 Å². The van der Waals surface area contributed by atoms with Crippen LogP contribution in [0.1, 0.15) is 67.2 Å². The van der Waals surface area contributed by atoms with Crippen molar-refractivity contribution in [1.29, 1.82) is 0 Å². The van der Waals surface area contributed by atoms with E-state index in [9.17, 15) is 34.8 Å². The molecular weight excluding hydrogens is 596 g/mol. The first-order chi connectivity index (χ1) is 17.4. The molecule has 1 fully saturated rings. The van der Waals surface area contributed by atoms with Crippen LogP contribution in [0.4, 0.5) is 25.2 Å². The summed E-state index contributed by atoms with van der Waals surface area (Å²) in [6.45, 7) is 12.9. The van der Waals surface area contributed by atoms with Gasteiger partial charge in [0.15, 0.2) is 11.6 Å². The Balaban J connectivity index is 0.000000886. The average Bonchev–Trinajstić information content (AvgIpc) is 2.75. The van der Waals surface area contributed by atoms with E-state index in [2.05, 4.69) is 52.2 Å². The fraction of sp³-hybridized carbons (Fsp3) is 0.500. The average molecular weight is 635 g/mol. The van der Waals surface area contributed by atoms with Gasteiger partial charge in [-0.05, 0) is 59.1 Å². The van der Waals surface area contributed by atoms with Gasteiger partial charge in [0, 0.05) is 52.7 Å². The predicted octanol–water partition coefficient (Wildman–Crippen LogP) is 8.85. The van der Waals surface area contributed by atoms with E-state index in [1.54, 1.807) is 12.2 Å². The van der Waals surface area contributed by atoms with E-state index in [1.807, 2.05) is 36.7 Å². The number of rotatable bonds is 4. The largest absolute Gasteiger partial charge is 0 e. The summed E-state index contributed by atoms with van der Waals surface area (Å²) in [6.07, 6.45) is 19.3. The van der Waals surface area contributed by atoms with Crippen molar-refractivity contribution in [3.63, 3.8) is 0 Å². The molecule has 2 atom stereocenters. The SMILES string of the molecule is CC(C)(C)C1=C/C(=C/N[C@@H]2CCCC[C@H]2N/C=C2/C=C(C(C)(C)C)C=CC2=O)C(=O)C=C1.F[P-](F)(F)(F)(F)F.[Mn]. The number of ketones is 2. The summed E-state index contributed by atoms with van der Waals surface area (Å²) in [5, 5.41) is 7.02. The molecule has 0 unspecified atom stereocenters. The molecule has 3 aliphatic carbocycles. The van der Waals surface area contributed by atoms with Gasteiger partial charge >= 0.3 is 33.0 Å². The van der Waals surface area contributed by atoms with E-state index in [-0.39, 0.29) is 51.5 Å². The molecule has 3 aliphatic rings. The van der Waals surface area contributed by atoms with Gasteiger partial charge in [0.1, 0.15) is 0 Å². The van der Waals surface area contributed by atoms with Crippen LogP contribution in [-0.4, -0.2) is 23.7 Å². The first-order valence-electron chi connectivity index (χ1n) is 12.8. The Hall–Kier alpha value is -2.09. The Morgan fingerprint density at radius 3 is 1.25 bits per heavy atom. The monoisotopic (exact) mass is 634 g/mol. The van der Waals surface area contributed by atoms with Gasteiger partial charge in [0.2, 0.25) is 0 Å². The van der Waals surface area contributed by atoms with E-state index < -0.39 is 7.81 Å². The summed E-state index contributed by atoms with van der Waals surface area (Å²) in [7, 11) is -10.7. The summed E-state index contributed by atoms with van der Waals surface area (Å²) in [4.78, 5) is 24.8. The molecule has 1 radical (unpaired) electrons. The van der Waals surface area contributed by atoms with Crippen molar-refractivity contribution >= 4 is 19.4 Å². The summed E-state index contributed by atoms with van der Waals surface area (Å²) < 4.78 is 59.2. The first-order valence-corrected chi connectivity index (χ1v) is 14.8. The molecule has 0 amide bonds. The van der Waals surface area contributed by atoms with Crippen LogP contribution in [0.5, 0.6) is 0 Å². The molecule has 0 spiro atoms. The van der Waals surface area contributed by atoms with Crippen LogP contribution < -0.4 is 10.6 Å². The quantitative estimate of drug-likeness (QED) is 0.140. The maximum Gasteiger partial charge on any atom is 0 e. The third kappa shape index (κ3) is 13.5. The number of allylic oxidation sites excluding steroid dienone is 10. The van der Waals surface area contributed by atoms with Crippen LogP contribution in [0.25, 0.3) is 0 Å². The third-order valence-electron chi connectivity index (χ3n) is 6.42. The first kappa shape index (κ1) is 35.9. The molecule has 2 N–H and O–H groups in total. The third-order valence-corrected chi connectivity index (χ3v) is 6.42. The summed E-state index contributed by atoms with van der Waals surface area (Å²) in [5.74, 6) is 0.0692. The van der Waals surface area contributed by atoms with Gasteiger partial charge in [-0.2, -0.15) is 0 Å². The maximum absolute atomic E-state index is 12.4. The van der Waals surface area contributed by atoms with Crippen molar-refractivity contribution in [1.82, 2.24) is 10.6 Å². The van der Waals surface area contributed by atoms with Crippen LogP contribution in [0, 0.1) is 10.8 Å². The Morgan fingerprint density at radius 1 is 0.675 bits per heavy atom. The molecule has 3 rings (SSSR count). The number of carbonyl (C=O) groups excluding carboxylic acids is 2. The molecule has 0 aliphatic heterocycles. The molecule has 12 heteroatoms. The van der Waals surface area contributed by atoms with Gasteiger partial charge < -0.3 is 10.6 Å². The summed E-state index contributed by atoms with van der Waals surface area (Å²) >= 11 is 0. The smallest absolute Gasteiger partial charge is 0 e. The molecule has 227 valence electrons. The predicted molar refractivity (Wildman–Crippen MR) is 145 cm³/mol. The van der Waals surface area contributed by atoms with Gasteiger partial charge in [-0.25, -0.2) is 0 Å². The van der Waals surface area contributed by atoms with Crippen molar-refractivity contribution in [2.24, 2.45) is 10.8 Å². The van der Waals surface area contributed by atoms with Gasteiger partial charge in [-0.3, -0.25) is 9.59 Å². The Bertz CT molecular complexity index is 1080. The Morgan fingerprint density at radius 2 is 0.975 bits per heavy atom. The van der Waals surface area contributed by atoms with Crippen molar-refractivity contribution < 1.29 is 51.8 Å². The molecule has 0 aromatic carbocycles. The second-order valence-corrected chi connectivity index (χ2v) is 14.0. The molecule has 0 heterocycles. The van der Waals surface area contributed by atoms with E-state index in [0.717, 1.165) is 36.8 Å². The topological polar surface area (TPSA) is 58.2 Å². The van der Waals surface area contributed by atoms with Crippen molar-refractivity contribution in [3.05, 3.63) is 71.1 Å². The standard InChI is InChI=1S/C28H38N2O2.F6P.Mn/c1-27(2,3)21-11-13-25(31)19(15-21)17-29-23-9-7-8-10-24(23)30-18-20-16-22(28(4,5)6)12-14-26(20)32;1-7(2,3,4,5)6;/h11-18,23-24,29-30H,7-10H2,1-6H3;;/q;-1;/b19-17-,20-18-;;/t23-,24-;;/m1../s1. The Labute approximate surface area is 242 Å². The number of carbonyl (C=O) groups is 2. The van der Waals surface area contributed by atoms with Crippen molar-refractivity contribution in [2.45, 2.75) is 79.3 Å². The number of hydrogen-bond donors (Lipinski definition) is 2. The maximum atomic E-state index is 12.4. The number of hydrogen-bond acceptors (Lipinski definition) is 4. The number of nitrogens with one attached hydrogen (secondary N) is 2. The van der Waals surface area contributed by atoms with Gasteiger partial charge in [-0.15, -0.1) is 0 Å². The minimum Gasteiger partial charge on any atom is 0 e. The van der Waals surface area contributed by atoms with Gasteiger partial charge in [0.05, 0.1) is 0 Å². The minimum atomic E-state index is -10.7. The minimum absolute atomic E-state index is 0. The Kier molecular flexibility index (Phi) is 10.8. The molecule has 4 nitrogen and oxygen atoms in total. The zero-order chi connectivity index (χ0) is 29.9. The molecule has 0 saturated heterocycles. The molecule has 0 aromatic rings. The zero-order valence-corrected chi connectivity index (χ0v) is 25.6. The second kappa shape index (κ2) is 12.0. The van der Waals surface area contributed by atoms with E-state index in [1.165, 1.54) is 0 Å². The zero-order valence-electron chi connectivity index (χ0n) is 23.5. The van der Waals surface area contributed by atoms with Crippen LogP contribution in [0.15, 0.2) is 71.1 Å². The molecule has 0 bridgehead atoms. The van der Waals surface area contributed by atoms with Gasteiger partial charge in [0.25, 0.3) is 0 Å². The molecule has 1 saturated carbocycles.